The fraction of sp³-hybridized carbons (Fsp3) is 0.571. The molecule has 0 aromatic heterocycles. The SMILES string of the molecule is O=[N+]([O-])c1cc([C@@H](CCC(F)(F)F)N2CCNCC2)ccc1O. The van der Waals surface area contributed by atoms with E-state index >= 15 is 0 Å². The van der Waals surface area contributed by atoms with Crippen molar-refractivity contribution >= 4 is 5.69 Å². The molecule has 23 heavy (non-hydrogen) atoms. The molecule has 6 nitrogen and oxygen atoms in total. The molecule has 1 aromatic rings. The molecule has 1 fully saturated rings. The zero-order chi connectivity index (χ0) is 17.0. The zero-order valence-corrected chi connectivity index (χ0v) is 12.3. The number of nitro groups is 1. The maximum Gasteiger partial charge on any atom is 0.389 e. The van der Waals surface area contributed by atoms with Gasteiger partial charge in [-0.1, -0.05) is 6.07 Å². The van der Waals surface area contributed by atoms with E-state index in [0.717, 1.165) is 6.07 Å². The smallest absolute Gasteiger partial charge is 0.389 e. The van der Waals surface area contributed by atoms with Crippen LogP contribution in [-0.2, 0) is 0 Å². The lowest BCUT2D eigenvalue weighted by Gasteiger charge is -2.35. The van der Waals surface area contributed by atoms with Crippen LogP contribution in [-0.4, -0.2) is 47.3 Å². The quantitative estimate of drug-likeness (QED) is 0.640. The minimum Gasteiger partial charge on any atom is -0.502 e. The molecule has 0 unspecified atom stereocenters. The molecule has 0 aliphatic carbocycles. The van der Waals surface area contributed by atoms with Gasteiger partial charge in [0.1, 0.15) is 0 Å². The second-order valence-electron chi connectivity index (χ2n) is 5.46. The zero-order valence-electron chi connectivity index (χ0n) is 12.3. The van der Waals surface area contributed by atoms with Crippen molar-refractivity contribution in [3.63, 3.8) is 0 Å². The second-order valence-corrected chi connectivity index (χ2v) is 5.46. The normalized spacial score (nSPS) is 17.9. The number of phenols is 1. The van der Waals surface area contributed by atoms with E-state index in [2.05, 4.69) is 5.32 Å². The Kier molecular flexibility index (Phi) is 5.42. The van der Waals surface area contributed by atoms with Crippen LogP contribution in [0.2, 0.25) is 0 Å². The third kappa shape index (κ3) is 4.80. The average Bonchev–Trinajstić information content (AvgIpc) is 2.48. The molecule has 1 saturated heterocycles. The van der Waals surface area contributed by atoms with Crippen LogP contribution in [0.25, 0.3) is 0 Å². The number of nitrogens with one attached hydrogen (secondary N) is 1. The van der Waals surface area contributed by atoms with Gasteiger partial charge in [0.05, 0.1) is 4.92 Å². The van der Waals surface area contributed by atoms with Crippen LogP contribution >= 0.6 is 0 Å². The number of alkyl halides is 3. The van der Waals surface area contributed by atoms with Crippen LogP contribution < -0.4 is 5.32 Å². The Balaban J connectivity index is 2.28. The number of hydrogen-bond donors (Lipinski definition) is 2. The molecule has 1 aromatic carbocycles. The monoisotopic (exact) mass is 333 g/mol. The first kappa shape index (κ1) is 17.5. The number of rotatable bonds is 5. The number of nitrogens with zero attached hydrogens (tertiary/aromatic N) is 2. The Bertz CT molecular complexity index is 560. The summed E-state index contributed by atoms with van der Waals surface area (Å²) in [7, 11) is 0. The minimum atomic E-state index is -4.28. The van der Waals surface area contributed by atoms with E-state index in [1.54, 1.807) is 0 Å². The standard InChI is InChI=1S/C14H18F3N3O3/c15-14(16,17)4-3-11(19-7-5-18-6-8-19)10-1-2-13(21)12(9-10)20(22)23/h1-2,9,11,18,21H,3-8H2/t11-/m1/s1. The Morgan fingerprint density at radius 2 is 2.00 bits per heavy atom. The van der Waals surface area contributed by atoms with Gasteiger partial charge in [-0.15, -0.1) is 0 Å². The van der Waals surface area contributed by atoms with Gasteiger partial charge in [-0.05, 0) is 18.1 Å². The lowest BCUT2D eigenvalue weighted by atomic mass is 9.98. The summed E-state index contributed by atoms with van der Waals surface area (Å²) >= 11 is 0. The molecule has 9 heteroatoms. The van der Waals surface area contributed by atoms with E-state index in [9.17, 15) is 28.4 Å². The Morgan fingerprint density at radius 3 is 2.57 bits per heavy atom. The molecule has 0 amide bonds. The van der Waals surface area contributed by atoms with Gasteiger partial charge < -0.3 is 10.4 Å². The van der Waals surface area contributed by atoms with Crippen molar-refractivity contribution in [2.45, 2.75) is 25.1 Å². The van der Waals surface area contributed by atoms with Crippen LogP contribution in [0.4, 0.5) is 18.9 Å². The van der Waals surface area contributed by atoms with Crippen LogP contribution in [0.5, 0.6) is 5.75 Å². The van der Waals surface area contributed by atoms with Gasteiger partial charge in [0, 0.05) is 44.7 Å². The highest BCUT2D eigenvalue weighted by molar-refractivity contribution is 5.48. The van der Waals surface area contributed by atoms with Crippen LogP contribution in [0, 0.1) is 10.1 Å². The number of halogens is 3. The van der Waals surface area contributed by atoms with E-state index in [1.807, 2.05) is 4.90 Å². The van der Waals surface area contributed by atoms with E-state index in [4.69, 9.17) is 0 Å². The van der Waals surface area contributed by atoms with Crippen LogP contribution in [0.1, 0.15) is 24.4 Å². The van der Waals surface area contributed by atoms with Crippen molar-refractivity contribution in [1.29, 1.82) is 0 Å². The van der Waals surface area contributed by atoms with Gasteiger partial charge in [0.2, 0.25) is 0 Å². The number of benzene rings is 1. The first-order valence-electron chi connectivity index (χ1n) is 7.27. The molecule has 0 saturated carbocycles. The van der Waals surface area contributed by atoms with Gasteiger partial charge in [-0.3, -0.25) is 15.0 Å². The summed E-state index contributed by atoms with van der Waals surface area (Å²) in [5.41, 5.74) is -0.0738. The van der Waals surface area contributed by atoms with Gasteiger partial charge in [-0.2, -0.15) is 13.2 Å². The molecule has 2 N–H and O–H groups in total. The maximum atomic E-state index is 12.6. The van der Waals surface area contributed by atoms with Crippen LogP contribution in [0.3, 0.4) is 0 Å². The van der Waals surface area contributed by atoms with E-state index in [0.29, 0.717) is 31.7 Å². The van der Waals surface area contributed by atoms with Crippen molar-refractivity contribution in [2.24, 2.45) is 0 Å². The van der Waals surface area contributed by atoms with E-state index in [1.165, 1.54) is 12.1 Å². The maximum absolute atomic E-state index is 12.6. The first-order chi connectivity index (χ1) is 10.8. The topological polar surface area (TPSA) is 78.6 Å². The molecule has 1 heterocycles. The number of piperazine rings is 1. The third-order valence-corrected chi connectivity index (χ3v) is 3.87. The molecule has 1 aliphatic heterocycles. The summed E-state index contributed by atoms with van der Waals surface area (Å²) in [5, 5.41) is 23.6. The summed E-state index contributed by atoms with van der Waals surface area (Å²) in [6, 6.07) is 3.21. The van der Waals surface area contributed by atoms with Crippen molar-refractivity contribution in [1.82, 2.24) is 10.2 Å². The summed E-state index contributed by atoms with van der Waals surface area (Å²) in [6.07, 6.45) is -5.42. The highest BCUT2D eigenvalue weighted by Gasteiger charge is 2.32. The lowest BCUT2D eigenvalue weighted by Crippen LogP contribution is -2.45. The fourth-order valence-corrected chi connectivity index (χ4v) is 2.75. The van der Waals surface area contributed by atoms with Crippen molar-refractivity contribution in [3.05, 3.63) is 33.9 Å². The highest BCUT2D eigenvalue weighted by Crippen LogP contribution is 2.35. The van der Waals surface area contributed by atoms with Gasteiger partial charge in [0.15, 0.2) is 5.75 Å². The van der Waals surface area contributed by atoms with E-state index in [-0.39, 0.29) is 6.42 Å². The van der Waals surface area contributed by atoms with Gasteiger partial charge in [0.25, 0.3) is 0 Å². The van der Waals surface area contributed by atoms with Crippen molar-refractivity contribution in [3.8, 4) is 5.75 Å². The molecular formula is C14H18F3N3O3. The second kappa shape index (κ2) is 7.14. The Morgan fingerprint density at radius 1 is 1.35 bits per heavy atom. The molecule has 1 aliphatic rings. The molecule has 2 rings (SSSR count). The highest BCUT2D eigenvalue weighted by atomic mass is 19.4. The minimum absolute atomic E-state index is 0.175. The predicted molar refractivity (Wildman–Crippen MR) is 77.2 cm³/mol. The van der Waals surface area contributed by atoms with Gasteiger partial charge in [-0.25, -0.2) is 0 Å². The number of phenolic OH excluding ortho intramolecular Hbond substituents is 1. The molecule has 1 atom stereocenters. The first-order valence-corrected chi connectivity index (χ1v) is 7.27. The number of hydrogen-bond acceptors (Lipinski definition) is 5. The van der Waals surface area contributed by atoms with Gasteiger partial charge >= 0.3 is 11.9 Å². The summed E-state index contributed by atoms with van der Waals surface area (Å²) in [4.78, 5) is 12.1. The predicted octanol–water partition coefficient (Wildman–Crippen LogP) is 2.59. The molecule has 0 spiro atoms. The molecule has 128 valence electrons. The Labute approximate surface area is 131 Å². The summed E-state index contributed by atoms with van der Waals surface area (Å²) < 4.78 is 37.8. The largest absolute Gasteiger partial charge is 0.502 e. The van der Waals surface area contributed by atoms with Crippen molar-refractivity contribution in [2.75, 3.05) is 26.2 Å². The molecule has 0 bridgehead atoms. The fourth-order valence-electron chi connectivity index (χ4n) is 2.75. The lowest BCUT2D eigenvalue weighted by molar-refractivity contribution is -0.386. The average molecular weight is 333 g/mol. The van der Waals surface area contributed by atoms with E-state index < -0.39 is 35.0 Å². The molecule has 0 radical (unpaired) electrons. The summed E-state index contributed by atoms with van der Waals surface area (Å²) in [5.74, 6) is -0.492. The van der Waals surface area contributed by atoms with Crippen LogP contribution in [0.15, 0.2) is 18.2 Å². The summed E-state index contributed by atoms with van der Waals surface area (Å²) in [6.45, 7) is 2.44. The Hall–Kier alpha value is -1.87. The number of nitro benzene ring substituents is 1. The van der Waals surface area contributed by atoms with Crippen molar-refractivity contribution < 1.29 is 23.2 Å². The number of aromatic hydroxyl groups is 1. The third-order valence-electron chi connectivity index (χ3n) is 3.87. The molecular weight excluding hydrogens is 315 g/mol.